The molecule has 1 unspecified atom stereocenters. The van der Waals surface area contributed by atoms with Crippen molar-refractivity contribution in [3.8, 4) is 16.9 Å². The molecule has 1 saturated carbocycles. The Morgan fingerprint density at radius 2 is 1.74 bits per heavy atom. The second-order valence-electron chi connectivity index (χ2n) is 11.2. The quantitative estimate of drug-likeness (QED) is 0.451. The highest BCUT2D eigenvalue weighted by Gasteiger charge is 2.58. The molecule has 2 aliphatic heterocycles. The molecule has 1 amide bonds. The van der Waals surface area contributed by atoms with Crippen molar-refractivity contribution >= 4 is 5.91 Å². The number of aliphatic hydroxyl groups excluding tert-OH is 1. The summed E-state index contributed by atoms with van der Waals surface area (Å²) in [5.74, 6) is -1.52. The molecule has 5 rings (SSSR count). The fraction of sp³-hybridized carbons (Fsp3) is 0.552. The number of benzene rings is 2. The van der Waals surface area contributed by atoms with Crippen LogP contribution in [0.15, 0.2) is 36.4 Å². The Morgan fingerprint density at radius 1 is 1.00 bits per heavy atom. The number of halogens is 5. The largest absolute Gasteiger partial charge is 0.490 e. The van der Waals surface area contributed by atoms with E-state index >= 15 is 0 Å². The first-order valence-electron chi connectivity index (χ1n) is 13.5. The van der Waals surface area contributed by atoms with Gasteiger partial charge in [0.15, 0.2) is 11.6 Å². The SMILES string of the molecule is O=C(c1ccc(-c2ccc(OCC3CCN(CC4(C(F)(F)F)CCC4)CC3)c(F)c2)c(F)c1)N1CCC(O)C1. The Hall–Kier alpha value is -2.72. The van der Waals surface area contributed by atoms with Gasteiger partial charge in [0.25, 0.3) is 5.91 Å². The number of hydrogen-bond acceptors (Lipinski definition) is 4. The van der Waals surface area contributed by atoms with Gasteiger partial charge in [-0.15, -0.1) is 0 Å². The maximum Gasteiger partial charge on any atom is 0.395 e. The predicted octanol–water partition coefficient (Wildman–Crippen LogP) is 5.66. The van der Waals surface area contributed by atoms with Gasteiger partial charge in [-0.25, -0.2) is 8.78 Å². The molecule has 1 atom stereocenters. The summed E-state index contributed by atoms with van der Waals surface area (Å²) < 4.78 is 75.9. The standard InChI is InChI=1S/C29H33F5N2O3/c30-24-15-21(27(38)36-13-8-22(37)16-36)2-4-23(24)20-3-5-26(25(31)14-20)39-17-19-6-11-35(12-7-19)18-28(9-1-10-28)29(32,33)34/h2-5,14-15,19,22,37H,1,6-13,16-18H2. The Balaban J connectivity index is 1.14. The van der Waals surface area contributed by atoms with Crippen LogP contribution < -0.4 is 4.74 Å². The first-order valence-corrected chi connectivity index (χ1v) is 13.5. The van der Waals surface area contributed by atoms with Crippen LogP contribution in [-0.4, -0.2) is 72.4 Å². The molecule has 1 N–H and O–H groups in total. The highest BCUT2D eigenvalue weighted by atomic mass is 19.4. The zero-order valence-electron chi connectivity index (χ0n) is 21.7. The van der Waals surface area contributed by atoms with Crippen LogP contribution in [-0.2, 0) is 0 Å². The van der Waals surface area contributed by atoms with Crippen LogP contribution in [0.3, 0.4) is 0 Å². The van der Waals surface area contributed by atoms with Gasteiger partial charge in [-0.1, -0.05) is 18.6 Å². The molecule has 39 heavy (non-hydrogen) atoms. The third-order valence-electron chi connectivity index (χ3n) is 8.53. The number of alkyl halides is 3. The summed E-state index contributed by atoms with van der Waals surface area (Å²) in [5.41, 5.74) is -0.948. The van der Waals surface area contributed by atoms with Crippen molar-refractivity contribution in [1.29, 1.82) is 0 Å². The van der Waals surface area contributed by atoms with Crippen molar-refractivity contribution < 1.29 is 36.6 Å². The average molecular weight is 553 g/mol. The fourth-order valence-corrected chi connectivity index (χ4v) is 5.86. The topological polar surface area (TPSA) is 53.0 Å². The van der Waals surface area contributed by atoms with Gasteiger partial charge >= 0.3 is 6.18 Å². The third kappa shape index (κ3) is 5.91. The highest BCUT2D eigenvalue weighted by Crippen LogP contribution is 2.53. The van der Waals surface area contributed by atoms with E-state index in [4.69, 9.17) is 4.74 Å². The summed E-state index contributed by atoms with van der Waals surface area (Å²) in [7, 11) is 0. The molecule has 3 aliphatic rings. The molecule has 10 heteroatoms. The van der Waals surface area contributed by atoms with Crippen LogP contribution in [0.25, 0.3) is 11.1 Å². The van der Waals surface area contributed by atoms with Crippen molar-refractivity contribution in [3.05, 3.63) is 53.6 Å². The molecule has 0 bridgehead atoms. The normalized spacial score (nSPS) is 22.1. The van der Waals surface area contributed by atoms with E-state index in [1.165, 1.54) is 29.2 Å². The molecule has 5 nitrogen and oxygen atoms in total. The van der Waals surface area contributed by atoms with Crippen LogP contribution >= 0.6 is 0 Å². The molecule has 0 spiro atoms. The first kappa shape index (κ1) is 27.8. The van der Waals surface area contributed by atoms with Crippen LogP contribution in [0.5, 0.6) is 5.75 Å². The molecule has 212 valence electrons. The predicted molar refractivity (Wildman–Crippen MR) is 135 cm³/mol. The molecule has 2 aromatic carbocycles. The lowest BCUT2D eigenvalue weighted by molar-refractivity contribution is -0.256. The lowest BCUT2D eigenvalue weighted by Crippen LogP contribution is -2.53. The smallest absolute Gasteiger partial charge is 0.395 e. The fourth-order valence-electron chi connectivity index (χ4n) is 5.86. The number of hydrogen-bond donors (Lipinski definition) is 1. The Labute approximate surface area is 224 Å². The summed E-state index contributed by atoms with van der Waals surface area (Å²) in [5, 5.41) is 9.64. The van der Waals surface area contributed by atoms with Crippen molar-refractivity contribution in [2.45, 2.75) is 50.8 Å². The summed E-state index contributed by atoms with van der Waals surface area (Å²) in [4.78, 5) is 15.9. The summed E-state index contributed by atoms with van der Waals surface area (Å²) >= 11 is 0. The summed E-state index contributed by atoms with van der Waals surface area (Å²) in [6.45, 7) is 2.05. The van der Waals surface area contributed by atoms with Crippen molar-refractivity contribution in [3.63, 3.8) is 0 Å². The molecule has 2 heterocycles. The average Bonchev–Trinajstić information content (AvgIpc) is 3.31. The van der Waals surface area contributed by atoms with Gasteiger partial charge in [-0.2, -0.15) is 13.2 Å². The molecule has 3 fully saturated rings. The molecule has 0 radical (unpaired) electrons. The van der Waals surface area contributed by atoms with Gasteiger partial charge < -0.3 is 19.6 Å². The number of aliphatic hydroxyl groups is 1. The van der Waals surface area contributed by atoms with Gasteiger partial charge in [-0.3, -0.25) is 4.79 Å². The number of ether oxygens (including phenoxy) is 1. The van der Waals surface area contributed by atoms with E-state index in [2.05, 4.69) is 0 Å². The van der Waals surface area contributed by atoms with Gasteiger partial charge in [-0.05, 0) is 80.9 Å². The number of likely N-dealkylation sites (tertiary alicyclic amines) is 2. The van der Waals surface area contributed by atoms with Crippen molar-refractivity contribution in [1.82, 2.24) is 9.80 Å². The molecule has 2 saturated heterocycles. The zero-order valence-corrected chi connectivity index (χ0v) is 21.7. The van der Waals surface area contributed by atoms with Crippen LogP contribution in [0.2, 0.25) is 0 Å². The number of amides is 1. The van der Waals surface area contributed by atoms with Crippen LogP contribution in [0.1, 0.15) is 48.9 Å². The van der Waals surface area contributed by atoms with E-state index in [1.54, 1.807) is 6.07 Å². The van der Waals surface area contributed by atoms with Crippen LogP contribution in [0.4, 0.5) is 22.0 Å². The van der Waals surface area contributed by atoms with Crippen molar-refractivity contribution in [2.24, 2.45) is 11.3 Å². The number of nitrogens with zero attached hydrogens (tertiary/aromatic N) is 2. The molecule has 2 aromatic rings. The minimum atomic E-state index is -4.17. The second-order valence-corrected chi connectivity index (χ2v) is 11.2. The Morgan fingerprint density at radius 3 is 2.31 bits per heavy atom. The highest BCUT2D eigenvalue weighted by molar-refractivity contribution is 5.95. The minimum Gasteiger partial charge on any atom is -0.490 e. The summed E-state index contributed by atoms with van der Waals surface area (Å²) in [6, 6.07) is 8.22. The lowest BCUT2D eigenvalue weighted by atomic mass is 9.67. The number of piperidine rings is 1. The maximum atomic E-state index is 14.9. The van der Waals surface area contributed by atoms with Gasteiger partial charge in [0.2, 0.25) is 0 Å². The molecule has 0 aromatic heterocycles. The Kier molecular flexibility index (Phi) is 7.88. The lowest BCUT2D eigenvalue weighted by Gasteiger charge is -2.47. The number of β-amino-alcohol motifs (C(OH)–C–C–N with tert-alkyl or cyclic N) is 1. The molecular formula is C29H33F5N2O3. The van der Waals surface area contributed by atoms with E-state index in [0.717, 1.165) is 6.07 Å². The summed E-state index contributed by atoms with van der Waals surface area (Å²) in [6.07, 6.45) is -1.87. The number of carbonyl (C=O) groups excluding carboxylic acids is 1. The monoisotopic (exact) mass is 552 g/mol. The maximum absolute atomic E-state index is 14.9. The number of rotatable bonds is 7. The van der Waals surface area contributed by atoms with Crippen LogP contribution in [0, 0.1) is 23.0 Å². The number of carbonyl (C=O) groups is 1. The first-order chi connectivity index (χ1) is 18.5. The van der Waals surface area contributed by atoms with E-state index in [9.17, 15) is 31.9 Å². The van der Waals surface area contributed by atoms with Crippen molar-refractivity contribution in [2.75, 3.05) is 39.3 Å². The van der Waals surface area contributed by atoms with E-state index in [-0.39, 0.29) is 61.2 Å². The zero-order chi connectivity index (χ0) is 27.8. The van der Waals surface area contributed by atoms with E-state index in [1.807, 2.05) is 4.90 Å². The van der Waals surface area contributed by atoms with Gasteiger partial charge in [0.05, 0.1) is 18.1 Å². The molecular weight excluding hydrogens is 519 g/mol. The van der Waals surface area contributed by atoms with E-state index < -0.39 is 29.3 Å². The molecule has 1 aliphatic carbocycles. The third-order valence-corrected chi connectivity index (χ3v) is 8.53. The second kappa shape index (κ2) is 11.0. The Bertz CT molecular complexity index is 1190. The van der Waals surface area contributed by atoms with E-state index in [0.29, 0.717) is 50.9 Å². The van der Waals surface area contributed by atoms with Gasteiger partial charge in [0.1, 0.15) is 5.82 Å². The van der Waals surface area contributed by atoms with Gasteiger partial charge in [0, 0.05) is 30.8 Å². The minimum absolute atomic E-state index is 0.0338.